The second-order valence-electron chi connectivity index (χ2n) is 4.85. The van der Waals surface area contributed by atoms with Crippen LogP contribution in [0.5, 0.6) is 0 Å². The second kappa shape index (κ2) is 6.43. The number of carboxylic acids is 1. The number of hydrogen-bond donors (Lipinski definition) is 1. The van der Waals surface area contributed by atoms with Gasteiger partial charge in [0.1, 0.15) is 0 Å². The van der Waals surface area contributed by atoms with Crippen molar-refractivity contribution in [3.05, 3.63) is 0 Å². The van der Waals surface area contributed by atoms with Gasteiger partial charge in [0.25, 0.3) is 0 Å². The van der Waals surface area contributed by atoms with Crippen LogP contribution in [-0.2, 0) is 9.59 Å². The maximum atomic E-state index is 12.3. The van der Waals surface area contributed by atoms with Crippen molar-refractivity contribution in [2.45, 2.75) is 24.5 Å². The molecule has 0 radical (unpaired) electrons. The molecule has 102 valence electrons. The minimum atomic E-state index is -0.794. The van der Waals surface area contributed by atoms with E-state index in [9.17, 15) is 9.59 Å². The van der Waals surface area contributed by atoms with Crippen LogP contribution in [0, 0.1) is 0 Å². The van der Waals surface area contributed by atoms with Crippen molar-refractivity contribution < 1.29 is 14.7 Å². The van der Waals surface area contributed by atoms with Gasteiger partial charge in [-0.05, 0) is 18.6 Å². The fourth-order valence-electron chi connectivity index (χ4n) is 2.46. The van der Waals surface area contributed by atoms with Crippen molar-refractivity contribution in [1.82, 2.24) is 9.80 Å². The molecule has 0 aromatic heterocycles. The summed E-state index contributed by atoms with van der Waals surface area (Å²) in [6, 6.07) is 0. The SMILES string of the molecule is O=C(O)CN1CCN(C(=O)C2CCCCS2)CC1. The van der Waals surface area contributed by atoms with E-state index < -0.39 is 5.97 Å². The van der Waals surface area contributed by atoms with Crippen molar-refractivity contribution in [3.8, 4) is 0 Å². The van der Waals surface area contributed by atoms with Crippen LogP contribution in [-0.4, -0.2) is 70.5 Å². The zero-order valence-corrected chi connectivity index (χ0v) is 11.3. The van der Waals surface area contributed by atoms with Crippen LogP contribution < -0.4 is 0 Å². The van der Waals surface area contributed by atoms with Crippen LogP contribution in [0.25, 0.3) is 0 Å². The monoisotopic (exact) mass is 272 g/mol. The molecule has 0 aromatic carbocycles. The van der Waals surface area contributed by atoms with Crippen molar-refractivity contribution in [3.63, 3.8) is 0 Å². The number of rotatable bonds is 3. The molecule has 2 saturated heterocycles. The van der Waals surface area contributed by atoms with Gasteiger partial charge in [0.15, 0.2) is 0 Å². The first-order valence-electron chi connectivity index (χ1n) is 6.51. The highest BCUT2D eigenvalue weighted by atomic mass is 32.2. The van der Waals surface area contributed by atoms with Gasteiger partial charge in [-0.3, -0.25) is 14.5 Å². The first-order valence-corrected chi connectivity index (χ1v) is 7.56. The third kappa shape index (κ3) is 3.62. The van der Waals surface area contributed by atoms with Crippen LogP contribution in [0.15, 0.2) is 0 Å². The molecule has 2 aliphatic rings. The van der Waals surface area contributed by atoms with Crippen molar-refractivity contribution in [2.24, 2.45) is 0 Å². The van der Waals surface area contributed by atoms with E-state index >= 15 is 0 Å². The van der Waals surface area contributed by atoms with E-state index in [0.717, 1.165) is 18.6 Å². The highest BCUT2D eigenvalue weighted by molar-refractivity contribution is 8.00. The molecule has 2 heterocycles. The third-order valence-corrected chi connectivity index (χ3v) is 4.86. The summed E-state index contributed by atoms with van der Waals surface area (Å²) in [4.78, 5) is 26.7. The first kappa shape index (κ1) is 13.7. The Kier molecular flexibility index (Phi) is 4.88. The summed E-state index contributed by atoms with van der Waals surface area (Å²) in [5.41, 5.74) is 0. The van der Waals surface area contributed by atoms with Crippen LogP contribution >= 0.6 is 11.8 Å². The fraction of sp³-hybridized carbons (Fsp3) is 0.833. The number of amides is 1. The molecule has 1 unspecified atom stereocenters. The summed E-state index contributed by atoms with van der Waals surface area (Å²) >= 11 is 1.78. The third-order valence-electron chi connectivity index (χ3n) is 3.50. The molecule has 0 aromatic rings. The lowest BCUT2D eigenvalue weighted by Crippen LogP contribution is -2.52. The van der Waals surface area contributed by atoms with Gasteiger partial charge in [-0.25, -0.2) is 0 Å². The Morgan fingerprint density at radius 3 is 2.44 bits per heavy atom. The zero-order chi connectivity index (χ0) is 13.0. The molecule has 1 N–H and O–H groups in total. The largest absolute Gasteiger partial charge is 0.480 e. The predicted octanol–water partition coefficient (Wildman–Crippen LogP) is 0.501. The minimum absolute atomic E-state index is 0.0835. The normalized spacial score (nSPS) is 26.0. The topological polar surface area (TPSA) is 60.9 Å². The lowest BCUT2D eigenvalue weighted by Gasteiger charge is -2.36. The summed E-state index contributed by atoms with van der Waals surface area (Å²) in [6.07, 6.45) is 3.38. The molecule has 1 amide bonds. The Bertz CT molecular complexity index is 310. The van der Waals surface area contributed by atoms with Crippen molar-refractivity contribution >= 4 is 23.6 Å². The van der Waals surface area contributed by atoms with Crippen LogP contribution in [0.3, 0.4) is 0 Å². The van der Waals surface area contributed by atoms with E-state index in [1.807, 2.05) is 9.80 Å². The first-order chi connectivity index (χ1) is 8.66. The molecule has 0 spiro atoms. The molecule has 6 heteroatoms. The maximum absolute atomic E-state index is 12.3. The van der Waals surface area contributed by atoms with Gasteiger partial charge >= 0.3 is 5.97 Å². The quantitative estimate of drug-likeness (QED) is 0.811. The Balaban J connectivity index is 1.78. The molecule has 2 aliphatic heterocycles. The summed E-state index contributed by atoms with van der Waals surface area (Å²) in [5, 5.41) is 8.86. The lowest BCUT2D eigenvalue weighted by molar-refractivity contribution is -0.139. The number of carboxylic acid groups (broad SMARTS) is 1. The summed E-state index contributed by atoms with van der Waals surface area (Å²) in [7, 11) is 0. The summed E-state index contributed by atoms with van der Waals surface area (Å²) < 4.78 is 0. The molecule has 0 saturated carbocycles. The van der Waals surface area contributed by atoms with Gasteiger partial charge in [-0.2, -0.15) is 0 Å². The second-order valence-corrected chi connectivity index (χ2v) is 6.16. The van der Waals surface area contributed by atoms with E-state index in [2.05, 4.69) is 0 Å². The molecular formula is C12H20N2O3S. The summed E-state index contributed by atoms with van der Waals surface area (Å²) in [5.74, 6) is 0.558. The smallest absolute Gasteiger partial charge is 0.317 e. The fourth-order valence-corrected chi connectivity index (χ4v) is 3.74. The predicted molar refractivity (Wildman–Crippen MR) is 70.8 cm³/mol. The van der Waals surface area contributed by atoms with Crippen LogP contribution in [0.2, 0.25) is 0 Å². The molecule has 1 atom stereocenters. The van der Waals surface area contributed by atoms with E-state index in [-0.39, 0.29) is 17.7 Å². The van der Waals surface area contributed by atoms with E-state index in [0.29, 0.717) is 26.2 Å². The molecule has 0 aliphatic carbocycles. The van der Waals surface area contributed by atoms with Crippen LogP contribution in [0.1, 0.15) is 19.3 Å². The molecule has 18 heavy (non-hydrogen) atoms. The molecular weight excluding hydrogens is 252 g/mol. The van der Waals surface area contributed by atoms with E-state index in [1.165, 1.54) is 6.42 Å². The van der Waals surface area contributed by atoms with Gasteiger partial charge in [0.05, 0.1) is 11.8 Å². The lowest BCUT2D eigenvalue weighted by atomic mass is 10.1. The van der Waals surface area contributed by atoms with Crippen molar-refractivity contribution in [2.75, 3.05) is 38.5 Å². The Labute approximate surface area is 112 Å². The van der Waals surface area contributed by atoms with Gasteiger partial charge in [0.2, 0.25) is 5.91 Å². The molecule has 5 nitrogen and oxygen atoms in total. The number of carbonyl (C=O) groups is 2. The molecule has 0 bridgehead atoms. The van der Waals surface area contributed by atoms with Gasteiger partial charge in [0, 0.05) is 26.2 Å². The average molecular weight is 272 g/mol. The van der Waals surface area contributed by atoms with Crippen molar-refractivity contribution in [1.29, 1.82) is 0 Å². The Morgan fingerprint density at radius 1 is 1.17 bits per heavy atom. The minimum Gasteiger partial charge on any atom is -0.480 e. The molecule has 2 fully saturated rings. The average Bonchev–Trinajstić information content (AvgIpc) is 2.39. The van der Waals surface area contributed by atoms with Gasteiger partial charge < -0.3 is 10.0 Å². The Morgan fingerprint density at radius 2 is 1.89 bits per heavy atom. The van der Waals surface area contributed by atoms with E-state index in [4.69, 9.17) is 5.11 Å². The van der Waals surface area contributed by atoms with Gasteiger partial charge in [-0.15, -0.1) is 11.8 Å². The standard InChI is InChI=1S/C12H20N2O3S/c15-11(16)9-13-4-6-14(7-5-13)12(17)10-3-1-2-8-18-10/h10H,1-9H2,(H,15,16). The number of hydrogen-bond acceptors (Lipinski definition) is 4. The highest BCUT2D eigenvalue weighted by Crippen LogP contribution is 2.26. The maximum Gasteiger partial charge on any atom is 0.317 e. The number of carbonyl (C=O) groups excluding carboxylic acids is 1. The van der Waals surface area contributed by atoms with E-state index in [1.54, 1.807) is 11.8 Å². The zero-order valence-electron chi connectivity index (χ0n) is 10.5. The number of piperazine rings is 1. The number of nitrogens with zero attached hydrogens (tertiary/aromatic N) is 2. The Hall–Kier alpha value is -0.750. The summed E-state index contributed by atoms with van der Waals surface area (Å²) in [6.45, 7) is 2.78. The molecule has 2 rings (SSSR count). The highest BCUT2D eigenvalue weighted by Gasteiger charge is 2.29. The number of thioether (sulfide) groups is 1. The van der Waals surface area contributed by atoms with Gasteiger partial charge in [-0.1, -0.05) is 6.42 Å². The number of aliphatic carboxylic acids is 1. The van der Waals surface area contributed by atoms with Crippen LogP contribution in [0.4, 0.5) is 0 Å².